The molecule has 0 atom stereocenters. The summed E-state index contributed by atoms with van der Waals surface area (Å²) in [5, 5.41) is 18.1. The van der Waals surface area contributed by atoms with Crippen molar-refractivity contribution >= 4 is 5.69 Å². The molecule has 0 radical (unpaired) electrons. The zero-order chi connectivity index (χ0) is 23.4. The first-order valence-electron chi connectivity index (χ1n) is 10.3. The topological polar surface area (TPSA) is 121 Å². The van der Waals surface area contributed by atoms with E-state index in [1.165, 1.54) is 19.4 Å². The van der Waals surface area contributed by atoms with Crippen LogP contribution in [0, 0.1) is 10.8 Å². The Morgan fingerprint density at radius 2 is 2.03 bits per heavy atom. The van der Waals surface area contributed by atoms with Gasteiger partial charge in [-0.15, -0.1) is 0 Å². The lowest BCUT2D eigenvalue weighted by molar-refractivity contribution is -0.127. The number of ether oxygens (including phenoxy) is 1. The lowest BCUT2D eigenvalue weighted by Gasteiger charge is -2.57. The molecule has 0 saturated carbocycles. The van der Waals surface area contributed by atoms with Gasteiger partial charge < -0.3 is 20.8 Å². The predicted molar refractivity (Wildman–Crippen MR) is 115 cm³/mol. The van der Waals surface area contributed by atoms with E-state index < -0.39 is 12.6 Å². The van der Waals surface area contributed by atoms with E-state index in [0.29, 0.717) is 16.7 Å². The Kier molecular flexibility index (Phi) is 4.85. The van der Waals surface area contributed by atoms with Crippen molar-refractivity contribution in [3.05, 3.63) is 41.6 Å². The number of alkyl halides is 3. The molecule has 1 spiro atoms. The third kappa shape index (κ3) is 3.80. The number of hydrogen-bond donors (Lipinski definition) is 4. The molecule has 5 rings (SSSR count). The van der Waals surface area contributed by atoms with Crippen LogP contribution in [0.5, 0.6) is 5.75 Å². The molecule has 0 unspecified atom stereocenters. The van der Waals surface area contributed by atoms with E-state index in [1.807, 2.05) is 6.07 Å². The molecule has 0 aliphatic carbocycles. The average Bonchev–Trinajstić information content (AvgIpc) is 3.10. The highest BCUT2D eigenvalue weighted by Gasteiger charge is 2.47. The molecule has 0 amide bonds. The number of anilines is 1. The smallest absolute Gasteiger partial charge is 0.393 e. The van der Waals surface area contributed by atoms with E-state index in [-0.39, 0.29) is 28.2 Å². The van der Waals surface area contributed by atoms with Gasteiger partial charge in [0, 0.05) is 48.9 Å². The minimum atomic E-state index is -4.46. The average molecular weight is 460 g/mol. The van der Waals surface area contributed by atoms with Gasteiger partial charge in [0.2, 0.25) is 0 Å². The fourth-order valence-corrected chi connectivity index (χ4v) is 4.43. The molecular formula is C21H23F3N8O. The summed E-state index contributed by atoms with van der Waals surface area (Å²) in [5.41, 5.74) is 2.05. The minimum Gasteiger partial charge on any atom is -0.493 e. The molecule has 0 aromatic carbocycles. The molecule has 5 heterocycles. The Morgan fingerprint density at radius 1 is 1.27 bits per heavy atom. The van der Waals surface area contributed by atoms with E-state index in [2.05, 4.69) is 25.4 Å². The molecule has 2 fully saturated rings. The molecule has 9 nitrogen and oxygen atoms in total. The van der Waals surface area contributed by atoms with Crippen LogP contribution in [0.1, 0.15) is 5.56 Å². The van der Waals surface area contributed by atoms with E-state index in [1.54, 1.807) is 12.3 Å². The number of nitrogen functional groups attached to an aromatic ring is 1. The molecular weight excluding hydrogens is 437 g/mol. The Hall–Kier alpha value is -3.54. The minimum absolute atomic E-state index is 0.0500. The van der Waals surface area contributed by atoms with Gasteiger partial charge in [-0.3, -0.25) is 15.5 Å². The van der Waals surface area contributed by atoms with Gasteiger partial charge in [0.1, 0.15) is 0 Å². The van der Waals surface area contributed by atoms with Gasteiger partial charge in [-0.2, -0.15) is 18.3 Å². The third-order valence-corrected chi connectivity index (χ3v) is 6.22. The second-order valence-corrected chi connectivity index (χ2v) is 8.63. The SMILES string of the molecule is COc1cc(-c2n[nH]c(-c3ccc(N4CC5(CNC5)C4)cn3)c2CC(F)(F)F)cn(N)c1=N. The van der Waals surface area contributed by atoms with Crippen LogP contribution in [0.3, 0.4) is 0 Å². The molecule has 12 heteroatoms. The van der Waals surface area contributed by atoms with Gasteiger partial charge in [-0.25, -0.2) is 4.68 Å². The van der Waals surface area contributed by atoms with Crippen molar-refractivity contribution in [2.45, 2.75) is 12.6 Å². The number of H-pyrrole nitrogens is 1. The van der Waals surface area contributed by atoms with Gasteiger partial charge in [0.25, 0.3) is 0 Å². The molecule has 2 aliphatic heterocycles. The summed E-state index contributed by atoms with van der Waals surface area (Å²) in [6, 6.07) is 5.01. The summed E-state index contributed by atoms with van der Waals surface area (Å²) in [6.45, 7) is 3.92. The number of rotatable bonds is 5. The predicted octanol–water partition coefficient (Wildman–Crippen LogP) is 1.66. The van der Waals surface area contributed by atoms with Crippen LogP contribution in [0.4, 0.5) is 18.9 Å². The molecule has 5 N–H and O–H groups in total. The van der Waals surface area contributed by atoms with Gasteiger partial charge in [-0.05, 0) is 18.2 Å². The van der Waals surface area contributed by atoms with Crippen LogP contribution in [-0.4, -0.2) is 59.3 Å². The Morgan fingerprint density at radius 3 is 2.61 bits per heavy atom. The maximum absolute atomic E-state index is 13.5. The highest BCUT2D eigenvalue weighted by atomic mass is 19.4. The largest absolute Gasteiger partial charge is 0.493 e. The van der Waals surface area contributed by atoms with E-state index in [9.17, 15) is 13.2 Å². The van der Waals surface area contributed by atoms with Crippen LogP contribution in [-0.2, 0) is 6.42 Å². The van der Waals surface area contributed by atoms with Crippen molar-refractivity contribution in [2.24, 2.45) is 5.41 Å². The number of aromatic nitrogens is 4. The third-order valence-electron chi connectivity index (χ3n) is 6.22. The van der Waals surface area contributed by atoms with Crippen molar-refractivity contribution in [1.82, 2.24) is 25.2 Å². The first-order chi connectivity index (χ1) is 15.7. The second-order valence-electron chi connectivity index (χ2n) is 8.63. The molecule has 2 saturated heterocycles. The van der Waals surface area contributed by atoms with Gasteiger partial charge >= 0.3 is 6.18 Å². The van der Waals surface area contributed by atoms with Crippen LogP contribution in [0.25, 0.3) is 22.6 Å². The van der Waals surface area contributed by atoms with Crippen LogP contribution >= 0.6 is 0 Å². The fraction of sp³-hybridized carbons (Fsp3) is 0.381. The first-order valence-corrected chi connectivity index (χ1v) is 10.3. The van der Waals surface area contributed by atoms with Crippen molar-refractivity contribution in [3.63, 3.8) is 0 Å². The highest BCUT2D eigenvalue weighted by Crippen LogP contribution is 2.38. The number of nitrogens with one attached hydrogen (secondary N) is 3. The quantitative estimate of drug-likeness (QED) is 0.430. The lowest BCUT2D eigenvalue weighted by Crippen LogP contribution is -2.71. The van der Waals surface area contributed by atoms with Gasteiger partial charge in [0.15, 0.2) is 11.2 Å². The van der Waals surface area contributed by atoms with E-state index in [0.717, 1.165) is 36.5 Å². The van der Waals surface area contributed by atoms with Crippen molar-refractivity contribution in [2.75, 3.05) is 44.0 Å². The number of hydrogen-bond acceptors (Lipinski definition) is 7. The number of aromatic amines is 1. The van der Waals surface area contributed by atoms with Crippen LogP contribution in [0.2, 0.25) is 0 Å². The second kappa shape index (κ2) is 7.51. The van der Waals surface area contributed by atoms with E-state index >= 15 is 0 Å². The zero-order valence-electron chi connectivity index (χ0n) is 17.8. The summed E-state index contributed by atoms with van der Waals surface area (Å²) in [4.78, 5) is 6.64. The monoisotopic (exact) mass is 460 g/mol. The molecule has 3 aromatic heterocycles. The number of nitrogens with two attached hydrogens (primary N) is 1. The molecule has 3 aromatic rings. The normalized spacial score (nSPS) is 17.0. The number of methoxy groups -OCH3 is 1. The maximum atomic E-state index is 13.5. The summed E-state index contributed by atoms with van der Waals surface area (Å²) < 4.78 is 46.5. The number of halogens is 3. The summed E-state index contributed by atoms with van der Waals surface area (Å²) in [7, 11) is 1.36. The van der Waals surface area contributed by atoms with Gasteiger partial charge in [0.05, 0.1) is 42.5 Å². The Balaban J connectivity index is 1.50. The zero-order valence-corrected chi connectivity index (χ0v) is 17.8. The van der Waals surface area contributed by atoms with Crippen molar-refractivity contribution in [1.29, 1.82) is 5.41 Å². The summed E-state index contributed by atoms with van der Waals surface area (Å²) in [5.74, 6) is 5.91. The number of pyridine rings is 2. The molecule has 0 bridgehead atoms. The molecule has 174 valence electrons. The maximum Gasteiger partial charge on any atom is 0.393 e. The standard InChI is InChI=1S/C21H23F3N8O/c1-33-16-4-12(7-32(26)19(16)25)17-14(5-21(22,23)24)18(30-29-17)15-3-2-13(6-28-15)31-10-20(11-31)8-27-9-20/h2-4,6-7,25,27H,5,8-11,26H2,1H3,(H,29,30). The Labute approximate surface area is 186 Å². The molecule has 33 heavy (non-hydrogen) atoms. The molecule has 2 aliphatic rings. The highest BCUT2D eigenvalue weighted by molar-refractivity contribution is 5.73. The van der Waals surface area contributed by atoms with E-state index in [4.69, 9.17) is 16.0 Å². The van der Waals surface area contributed by atoms with Crippen molar-refractivity contribution < 1.29 is 17.9 Å². The Bertz CT molecular complexity index is 1240. The van der Waals surface area contributed by atoms with Crippen LogP contribution in [0.15, 0.2) is 30.6 Å². The summed E-state index contributed by atoms with van der Waals surface area (Å²) >= 11 is 0. The van der Waals surface area contributed by atoms with Crippen molar-refractivity contribution in [3.8, 4) is 28.4 Å². The fourth-order valence-electron chi connectivity index (χ4n) is 4.43. The number of nitrogens with zero attached hydrogens (tertiary/aromatic N) is 4. The van der Waals surface area contributed by atoms with Gasteiger partial charge in [-0.1, -0.05) is 0 Å². The lowest BCUT2D eigenvalue weighted by atomic mass is 9.74. The summed E-state index contributed by atoms with van der Waals surface area (Å²) in [6.07, 6.45) is -2.64. The van der Waals surface area contributed by atoms with Crippen LogP contribution < -0.4 is 26.3 Å². The first kappa shape index (κ1) is 21.3.